The van der Waals surface area contributed by atoms with Crippen LogP contribution in [0.4, 0.5) is 30.6 Å². The summed E-state index contributed by atoms with van der Waals surface area (Å²) in [5, 5.41) is 4.88. The number of amides is 3. The SMILES string of the molecule is Cc1ccc(C(=O)N2CCc3ccc(NC(=O)Nc4cc(F)ccc4F)cc32)cc1. The second kappa shape index (κ2) is 7.94. The molecule has 1 heterocycles. The molecular formula is C23H19F2N3O2. The van der Waals surface area contributed by atoms with Crippen molar-refractivity contribution in [3.05, 3.63) is 89.0 Å². The van der Waals surface area contributed by atoms with Gasteiger partial charge in [0.25, 0.3) is 5.91 Å². The van der Waals surface area contributed by atoms with Gasteiger partial charge in [-0.05, 0) is 55.3 Å². The first-order valence-electron chi connectivity index (χ1n) is 9.45. The van der Waals surface area contributed by atoms with Crippen molar-refractivity contribution in [3.8, 4) is 0 Å². The van der Waals surface area contributed by atoms with Gasteiger partial charge in [-0.25, -0.2) is 13.6 Å². The van der Waals surface area contributed by atoms with E-state index in [4.69, 9.17) is 0 Å². The molecule has 3 amide bonds. The van der Waals surface area contributed by atoms with Gasteiger partial charge in [-0.3, -0.25) is 4.79 Å². The van der Waals surface area contributed by atoms with Crippen LogP contribution in [0.2, 0.25) is 0 Å². The molecule has 0 atom stereocenters. The standard InChI is InChI=1S/C23H19F2N3O2/c1-14-2-4-16(5-3-14)22(29)28-11-10-15-6-8-18(13-21(15)28)26-23(30)27-20-12-17(24)7-9-19(20)25/h2-9,12-13H,10-11H2,1H3,(H2,26,27,30). The summed E-state index contributed by atoms with van der Waals surface area (Å²) in [5.74, 6) is -1.51. The molecule has 0 saturated carbocycles. The van der Waals surface area contributed by atoms with Crippen LogP contribution in [0.25, 0.3) is 0 Å². The number of anilines is 3. The molecule has 0 saturated heterocycles. The predicted molar refractivity (Wildman–Crippen MR) is 112 cm³/mol. The Morgan fingerprint density at radius 3 is 2.47 bits per heavy atom. The Balaban J connectivity index is 1.51. The first-order valence-corrected chi connectivity index (χ1v) is 9.45. The van der Waals surface area contributed by atoms with Gasteiger partial charge in [0.2, 0.25) is 0 Å². The zero-order valence-electron chi connectivity index (χ0n) is 16.2. The summed E-state index contributed by atoms with van der Waals surface area (Å²) in [6, 6.07) is 14.7. The molecule has 3 aromatic rings. The van der Waals surface area contributed by atoms with Crippen molar-refractivity contribution in [1.82, 2.24) is 0 Å². The predicted octanol–water partition coefficient (Wildman–Crippen LogP) is 5.12. The van der Waals surface area contributed by atoms with E-state index in [9.17, 15) is 18.4 Å². The molecule has 1 aliphatic rings. The summed E-state index contributed by atoms with van der Waals surface area (Å²) >= 11 is 0. The van der Waals surface area contributed by atoms with E-state index in [-0.39, 0.29) is 11.6 Å². The van der Waals surface area contributed by atoms with Gasteiger partial charge in [-0.15, -0.1) is 0 Å². The van der Waals surface area contributed by atoms with Gasteiger partial charge in [0.1, 0.15) is 11.6 Å². The van der Waals surface area contributed by atoms with Gasteiger partial charge < -0.3 is 15.5 Å². The van der Waals surface area contributed by atoms with Crippen molar-refractivity contribution in [1.29, 1.82) is 0 Å². The van der Waals surface area contributed by atoms with Crippen LogP contribution in [0.15, 0.2) is 60.7 Å². The van der Waals surface area contributed by atoms with Gasteiger partial charge in [0.05, 0.1) is 5.69 Å². The molecule has 4 rings (SSSR count). The summed E-state index contributed by atoms with van der Waals surface area (Å²) in [7, 11) is 0. The highest BCUT2D eigenvalue weighted by molar-refractivity contribution is 6.08. The Morgan fingerprint density at radius 2 is 1.70 bits per heavy atom. The first-order chi connectivity index (χ1) is 14.4. The third-order valence-electron chi connectivity index (χ3n) is 4.96. The number of carbonyl (C=O) groups excluding carboxylic acids is 2. The molecule has 0 unspecified atom stereocenters. The Labute approximate surface area is 172 Å². The number of urea groups is 1. The number of nitrogens with zero attached hydrogens (tertiary/aromatic N) is 1. The largest absolute Gasteiger partial charge is 0.323 e. The van der Waals surface area contributed by atoms with Crippen molar-refractivity contribution in [2.45, 2.75) is 13.3 Å². The second-order valence-corrected chi connectivity index (χ2v) is 7.12. The fraction of sp³-hybridized carbons (Fsp3) is 0.130. The van der Waals surface area contributed by atoms with E-state index in [1.165, 1.54) is 0 Å². The van der Waals surface area contributed by atoms with Crippen molar-refractivity contribution < 1.29 is 18.4 Å². The molecular weight excluding hydrogens is 388 g/mol. The normalized spacial score (nSPS) is 12.4. The maximum atomic E-state index is 13.7. The lowest BCUT2D eigenvalue weighted by atomic mass is 10.1. The van der Waals surface area contributed by atoms with E-state index in [1.54, 1.807) is 29.2 Å². The van der Waals surface area contributed by atoms with Gasteiger partial charge in [-0.2, -0.15) is 0 Å². The van der Waals surface area contributed by atoms with Crippen LogP contribution < -0.4 is 15.5 Å². The van der Waals surface area contributed by atoms with Crippen molar-refractivity contribution in [3.63, 3.8) is 0 Å². The second-order valence-electron chi connectivity index (χ2n) is 7.12. The van der Waals surface area contributed by atoms with Crippen molar-refractivity contribution in [2.75, 3.05) is 22.1 Å². The molecule has 0 bridgehead atoms. The maximum Gasteiger partial charge on any atom is 0.323 e. The molecule has 0 aliphatic carbocycles. The number of carbonyl (C=O) groups is 2. The molecule has 30 heavy (non-hydrogen) atoms. The molecule has 152 valence electrons. The first kappa shape index (κ1) is 19.6. The number of nitrogens with one attached hydrogen (secondary N) is 2. The van der Waals surface area contributed by atoms with Crippen molar-refractivity contribution in [2.24, 2.45) is 0 Å². The fourth-order valence-corrected chi connectivity index (χ4v) is 3.40. The molecule has 0 spiro atoms. The van der Waals surface area contributed by atoms with E-state index in [0.29, 0.717) is 24.2 Å². The van der Waals surface area contributed by atoms with Gasteiger partial charge in [0, 0.05) is 29.5 Å². The molecule has 1 aliphatic heterocycles. The number of hydrogen-bond acceptors (Lipinski definition) is 2. The molecule has 7 heteroatoms. The van der Waals surface area contributed by atoms with Crippen LogP contribution in [-0.2, 0) is 6.42 Å². The minimum Gasteiger partial charge on any atom is -0.308 e. The summed E-state index contributed by atoms with van der Waals surface area (Å²) in [5.41, 5.74) is 3.55. The highest BCUT2D eigenvalue weighted by atomic mass is 19.1. The van der Waals surface area contributed by atoms with E-state index in [1.807, 2.05) is 25.1 Å². The average Bonchev–Trinajstić information content (AvgIpc) is 3.14. The molecule has 0 fully saturated rings. The highest BCUT2D eigenvalue weighted by Crippen LogP contribution is 2.32. The lowest BCUT2D eigenvalue weighted by molar-refractivity contribution is 0.0989. The van der Waals surface area contributed by atoms with Crippen LogP contribution in [0, 0.1) is 18.6 Å². The monoisotopic (exact) mass is 407 g/mol. The maximum absolute atomic E-state index is 13.7. The summed E-state index contributed by atoms with van der Waals surface area (Å²) in [6.07, 6.45) is 0.716. The highest BCUT2D eigenvalue weighted by Gasteiger charge is 2.26. The third-order valence-corrected chi connectivity index (χ3v) is 4.96. The number of halogens is 2. The van der Waals surface area contributed by atoms with Crippen LogP contribution in [0.3, 0.4) is 0 Å². The summed E-state index contributed by atoms with van der Waals surface area (Å²) in [4.78, 5) is 26.8. The molecule has 5 nitrogen and oxygen atoms in total. The van der Waals surface area contributed by atoms with Crippen molar-refractivity contribution >= 4 is 29.0 Å². The van der Waals surface area contributed by atoms with Crippen LogP contribution in [-0.4, -0.2) is 18.5 Å². The van der Waals surface area contributed by atoms with E-state index < -0.39 is 17.7 Å². The molecule has 0 radical (unpaired) electrons. The summed E-state index contributed by atoms with van der Waals surface area (Å²) < 4.78 is 27.0. The van der Waals surface area contributed by atoms with Gasteiger partial charge >= 0.3 is 6.03 Å². The van der Waals surface area contributed by atoms with Crippen LogP contribution in [0.5, 0.6) is 0 Å². The topological polar surface area (TPSA) is 61.4 Å². The minimum atomic E-state index is -0.740. The lowest BCUT2D eigenvalue weighted by Crippen LogP contribution is -2.29. The quantitative estimate of drug-likeness (QED) is 0.633. The zero-order chi connectivity index (χ0) is 21.3. The van der Waals surface area contributed by atoms with Crippen LogP contribution in [0.1, 0.15) is 21.5 Å². The number of hydrogen-bond donors (Lipinski definition) is 2. The Bertz CT molecular complexity index is 1130. The van der Waals surface area contributed by atoms with Gasteiger partial charge in [-0.1, -0.05) is 23.8 Å². The fourth-order valence-electron chi connectivity index (χ4n) is 3.40. The molecule has 3 aromatic carbocycles. The molecule has 0 aromatic heterocycles. The van der Waals surface area contributed by atoms with E-state index in [2.05, 4.69) is 10.6 Å². The third kappa shape index (κ3) is 4.00. The average molecular weight is 407 g/mol. The number of benzene rings is 3. The zero-order valence-corrected chi connectivity index (χ0v) is 16.2. The number of aryl methyl sites for hydroxylation is 1. The Morgan fingerprint density at radius 1 is 0.933 bits per heavy atom. The summed E-state index contributed by atoms with van der Waals surface area (Å²) in [6.45, 7) is 2.50. The Hall–Kier alpha value is -3.74. The minimum absolute atomic E-state index is 0.114. The Kier molecular flexibility index (Phi) is 5.18. The lowest BCUT2D eigenvalue weighted by Gasteiger charge is -2.18. The number of fused-ring (bicyclic) bond motifs is 1. The molecule has 2 N–H and O–H groups in total. The van der Waals surface area contributed by atoms with E-state index >= 15 is 0 Å². The van der Waals surface area contributed by atoms with Crippen LogP contribution >= 0.6 is 0 Å². The smallest absolute Gasteiger partial charge is 0.308 e. The number of rotatable bonds is 3. The van der Waals surface area contributed by atoms with Gasteiger partial charge in [0.15, 0.2) is 0 Å². The van der Waals surface area contributed by atoms with E-state index in [0.717, 1.165) is 35.0 Å².